The summed E-state index contributed by atoms with van der Waals surface area (Å²) in [7, 11) is 3.16. The normalized spacial score (nSPS) is 12.2. The van der Waals surface area contributed by atoms with Gasteiger partial charge in [0.05, 0.1) is 20.8 Å². The van der Waals surface area contributed by atoms with Crippen LogP contribution in [-0.4, -0.2) is 32.5 Å². The highest BCUT2D eigenvalue weighted by Crippen LogP contribution is 2.29. The van der Waals surface area contributed by atoms with Gasteiger partial charge in [0.25, 0.3) is 0 Å². The van der Waals surface area contributed by atoms with Gasteiger partial charge in [-0.3, -0.25) is 0 Å². The fraction of sp³-hybridized carbons (Fsp3) is 0.538. The van der Waals surface area contributed by atoms with Crippen LogP contribution in [0.5, 0.6) is 11.5 Å². The Kier molecular flexibility index (Phi) is 5.80. The molecular formula is C13H20O4. The molecule has 1 N–H and O–H groups in total. The predicted molar refractivity (Wildman–Crippen MR) is 65.6 cm³/mol. The number of aliphatic hydroxyl groups is 1. The zero-order valence-corrected chi connectivity index (χ0v) is 10.6. The van der Waals surface area contributed by atoms with E-state index < -0.39 is 6.10 Å². The second-order valence-corrected chi connectivity index (χ2v) is 3.70. The van der Waals surface area contributed by atoms with Crippen LogP contribution in [-0.2, 0) is 4.74 Å². The zero-order chi connectivity index (χ0) is 12.7. The highest BCUT2D eigenvalue weighted by Gasteiger charge is 2.14. The minimum absolute atomic E-state index is 0.261. The third-order valence-corrected chi connectivity index (χ3v) is 2.42. The molecule has 1 unspecified atom stereocenters. The van der Waals surface area contributed by atoms with Crippen molar-refractivity contribution in [3.8, 4) is 11.5 Å². The molecule has 0 spiro atoms. The van der Waals surface area contributed by atoms with Crippen molar-refractivity contribution in [3.63, 3.8) is 0 Å². The first-order valence-electron chi connectivity index (χ1n) is 5.70. The standard InChI is InChI=1S/C13H20O4/c1-4-7-17-9-12(14)11-8-10(15-2)5-6-13(11)16-3/h5-6,8,12,14H,4,7,9H2,1-3H3. The summed E-state index contributed by atoms with van der Waals surface area (Å²) in [6.07, 6.45) is 0.230. The molecule has 0 amide bonds. The summed E-state index contributed by atoms with van der Waals surface area (Å²) in [5.41, 5.74) is 0.683. The Balaban J connectivity index is 2.78. The summed E-state index contributed by atoms with van der Waals surface area (Å²) in [5.74, 6) is 1.33. The third-order valence-electron chi connectivity index (χ3n) is 2.42. The Morgan fingerprint density at radius 1 is 1.24 bits per heavy atom. The average Bonchev–Trinajstić information content (AvgIpc) is 2.38. The molecular weight excluding hydrogens is 220 g/mol. The van der Waals surface area contributed by atoms with Gasteiger partial charge in [0.1, 0.15) is 17.6 Å². The lowest BCUT2D eigenvalue weighted by Crippen LogP contribution is -2.09. The van der Waals surface area contributed by atoms with Gasteiger partial charge >= 0.3 is 0 Å². The molecule has 0 bridgehead atoms. The first-order valence-corrected chi connectivity index (χ1v) is 5.70. The second kappa shape index (κ2) is 7.14. The van der Waals surface area contributed by atoms with Crippen molar-refractivity contribution in [1.29, 1.82) is 0 Å². The molecule has 4 heteroatoms. The molecule has 17 heavy (non-hydrogen) atoms. The van der Waals surface area contributed by atoms with E-state index in [2.05, 4.69) is 0 Å². The molecule has 0 saturated carbocycles. The maximum Gasteiger partial charge on any atom is 0.125 e. The highest BCUT2D eigenvalue weighted by atomic mass is 16.5. The van der Waals surface area contributed by atoms with Crippen LogP contribution < -0.4 is 9.47 Å². The molecule has 1 atom stereocenters. The Hall–Kier alpha value is -1.26. The summed E-state index contributed by atoms with van der Waals surface area (Å²) in [6.45, 7) is 2.93. The van der Waals surface area contributed by atoms with Crippen LogP contribution in [0.4, 0.5) is 0 Å². The van der Waals surface area contributed by atoms with Gasteiger partial charge in [0, 0.05) is 12.2 Å². The summed E-state index contributed by atoms with van der Waals surface area (Å²) >= 11 is 0. The topological polar surface area (TPSA) is 47.9 Å². The third kappa shape index (κ3) is 3.91. The van der Waals surface area contributed by atoms with E-state index in [0.717, 1.165) is 6.42 Å². The molecule has 0 aromatic heterocycles. The molecule has 0 aliphatic carbocycles. The molecule has 1 rings (SSSR count). The SMILES string of the molecule is CCCOCC(O)c1cc(OC)ccc1OC. The van der Waals surface area contributed by atoms with Crippen LogP contribution in [0.15, 0.2) is 18.2 Å². The summed E-state index contributed by atoms with van der Waals surface area (Å²) < 4.78 is 15.6. The molecule has 96 valence electrons. The van der Waals surface area contributed by atoms with Crippen molar-refractivity contribution in [1.82, 2.24) is 0 Å². The van der Waals surface area contributed by atoms with Crippen molar-refractivity contribution >= 4 is 0 Å². The van der Waals surface area contributed by atoms with Gasteiger partial charge in [-0.15, -0.1) is 0 Å². The van der Waals surface area contributed by atoms with Crippen LogP contribution in [0.25, 0.3) is 0 Å². The summed E-state index contributed by atoms with van der Waals surface area (Å²) in [4.78, 5) is 0. The van der Waals surface area contributed by atoms with Crippen molar-refractivity contribution in [3.05, 3.63) is 23.8 Å². The molecule has 0 radical (unpaired) electrons. The van der Waals surface area contributed by atoms with E-state index in [0.29, 0.717) is 23.7 Å². The number of benzene rings is 1. The molecule has 1 aromatic carbocycles. The number of aliphatic hydroxyl groups excluding tert-OH is 1. The Morgan fingerprint density at radius 3 is 2.59 bits per heavy atom. The van der Waals surface area contributed by atoms with Gasteiger partial charge in [0.15, 0.2) is 0 Å². The molecule has 4 nitrogen and oxygen atoms in total. The lowest BCUT2D eigenvalue weighted by atomic mass is 10.1. The lowest BCUT2D eigenvalue weighted by Gasteiger charge is -2.16. The molecule has 0 fully saturated rings. The number of hydrogen-bond donors (Lipinski definition) is 1. The first-order chi connectivity index (χ1) is 8.22. The maximum atomic E-state index is 10.0. The van der Waals surface area contributed by atoms with Crippen molar-refractivity contribution in [2.24, 2.45) is 0 Å². The minimum atomic E-state index is -0.702. The van der Waals surface area contributed by atoms with E-state index in [1.165, 1.54) is 0 Å². The van der Waals surface area contributed by atoms with Crippen LogP contribution in [0, 0.1) is 0 Å². The Bertz CT molecular complexity index is 338. The van der Waals surface area contributed by atoms with Crippen molar-refractivity contribution in [2.45, 2.75) is 19.4 Å². The van der Waals surface area contributed by atoms with Gasteiger partial charge in [-0.2, -0.15) is 0 Å². The average molecular weight is 240 g/mol. The number of ether oxygens (including phenoxy) is 3. The first kappa shape index (κ1) is 13.8. The van der Waals surface area contributed by atoms with Crippen molar-refractivity contribution < 1.29 is 19.3 Å². The van der Waals surface area contributed by atoms with Crippen LogP contribution in [0.1, 0.15) is 25.0 Å². The number of rotatable bonds is 7. The second-order valence-electron chi connectivity index (χ2n) is 3.70. The fourth-order valence-corrected chi connectivity index (χ4v) is 1.53. The fourth-order valence-electron chi connectivity index (χ4n) is 1.53. The maximum absolute atomic E-state index is 10.0. The van der Waals surface area contributed by atoms with E-state index >= 15 is 0 Å². The highest BCUT2D eigenvalue weighted by molar-refractivity contribution is 5.41. The predicted octanol–water partition coefficient (Wildman–Crippen LogP) is 2.16. The van der Waals surface area contributed by atoms with Crippen LogP contribution >= 0.6 is 0 Å². The minimum Gasteiger partial charge on any atom is -0.497 e. The van der Waals surface area contributed by atoms with Gasteiger partial charge in [0.2, 0.25) is 0 Å². The van der Waals surface area contributed by atoms with Gasteiger partial charge in [-0.05, 0) is 24.6 Å². The van der Waals surface area contributed by atoms with E-state index in [1.54, 1.807) is 32.4 Å². The number of methoxy groups -OCH3 is 2. The molecule has 1 aromatic rings. The smallest absolute Gasteiger partial charge is 0.125 e. The van der Waals surface area contributed by atoms with E-state index in [1.807, 2.05) is 6.92 Å². The van der Waals surface area contributed by atoms with Crippen LogP contribution in [0.3, 0.4) is 0 Å². The Morgan fingerprint density at radius 2 is 2.00 bits per heavy atom. The zero-order valence-electron chi connectivity index (χ0n) is 10.6. The monoisotopic (exact) mass is 240 g/mol. The van der Waals surface area contributed by atoms with Gasteiger partial charge < -0.3 is 19.3 Å². The van der Waals surface area contributed by atoms with E-state index in [4.69, 9.17) is 14.2 Å². The Labute approximate surface area is 102 Å². The lowest BCUT2D eigenvalue weighted by molar-refractivity contribution is 0.0351. The summed E-state index contributed by atoms with van der Waals surface area (Å²) in [6, 6.07) is 5.33. The quantitative estimate of drug-likeness (QED) is 0.742. The molecule has 0 aliphatic heterocycles. The van der Waals surface area contributed by atoms with Crippen LogP contribution in [0.2, 0.25) is 0 Å². The summed E-state index contributed by atoms with van der Waals surface area (Å²) in [5, 5.41) is 10.0. The number of hydrogen-bond acceptors (Lipinski definition) is 4. The molecule has 0 saturated heterocycles. The van der Waals surface area contributed by atoms with Gasteiger partial charge in [-0.25, -0.2) is 0 Å². The van der Waals surface area contributed by atoms with Gasteiger partial charge in [-0.1, -0.05) is 6.92 Å². The molecule has 0 aliphatic rings. The van der Waals surface area contributed by atoms with E-state index in [9.17, 15) is 5.11 Å². The van der Waals surface area contributed by atoms with E-state index in [-0.39, 0.29) is 6.61 Å². The van der Waals surface area contributed by atoms with Crippen molar-refractivity contribution in [2.75, 3.05) is 27.4 Å². The molecule has 0 heterocycles. The largest absolute Gasteiger partial charge is 0.497 e.